The van der Waals surface area contributed by atoms with Gasteiger partial charge in [-0.25, -0.2) is 4.79 Å². The van der Waals surface area contributed by atoms with Crippen molar-refractivity contribution in [3.63, 3.8) is 0 Å². The van der Waals surface area contributed by atoms with Crippen molar-refractivity contribution in [2.75, 3.05) is 18.1 Å². The van der Waals surface area contributed by atoms with E-state index >= 15 is 0 Å². The number of thioether (sulfide) groups is 1. The van der Waals surface area contributed by atoms with E-state index in [4.69, 9.17) is 5.11 Å². The minimum atomic E-state index is -0.871. The number of carbonyl (C=O) groups is 2. The van der Waals surface area contributed by atoms with E-state index in [2.05, 4.69) is 10.6 Å². The average Bonchev–Trinajstić information content (AvgIpc) is 2.37. The number of anilines is 1. The van der Waals surface area contributed by atoms with Crippen LogP contribution < -0.4 is 10.6 Å². The van der Waals surface area contributed by atoms with Gasteiger partial charge < -0.3 is 15.7 Å². The first-order valence-corrected chi connectivity index (χ1v) is 7.18. The SMILES string of the molecule is CSC(C)CNC(=O)Nc1ccc(CC(=O)O)cc1. The van der Waals surface area contributed by atoms with Gasteiger partial charge in [-0.2, -0.15) is 11.8 Å². The van der Waals surface area contributed by atoms with Gasteiger partial charge in [0.2, 0.25) is 0 Å². The zero-order valence-electron chi connectivity index (χ0n) is 11.0. The summed E-state index contributed by atoms with van der Waals surface area (Å²) in [5, 5.41) is 14.5. The molecule has 1 rings (SSSR count). The number of nitrogens with one attached hydrogen (secondary N) is 2. The number of aliphatic carboxylic acids is 1. The first kappa shape index (κ1) is 15.4. The Bertz CT molecular complexity index is 434. The maximum Gasteiger partial charge on any atom is 0.319 e. The lowest BCUT2D eigenvalue weighted by atomic mass is 10.1. The number of hydrogen-bond acceptors (Lipinski definition) is 3. The van der Waals surface area contributed by atoms with E-state index in [0.717, 1.165) is 0 Å². The fourth-order valence-corrected chi connectivity index (χ4v) is 1.63. The van der Waals surface area contributed by atoms with Crippen LogP contribution in [0.25, 0.3) is 0 Å². The van der Waals surface area contributed by atoms with Gasteiger partial charge in [-0.05, 0) is 24.0 Å². The summed E-state index contributed by atoms with van der Waals surface area (Å²) in [5.74, 6) is -0.871. The highest BCUT2D eigenvalue weighted by Crippen LogP contribution is 2.10. The summed E-state index contributed by atoms with van der Waals surface area (Å²) < 4.78 is 0. The molecule has 0 bridgehead atoms. The highest BCUT2D eigenvalue weighted by molar-refractivity contribution is 7.99. The minimum Gasteiger partial charge on any atom is -0.481 e. The Morgan fingerprint density at radius 1 is 1.32 bits per heavy atom. The Kier molecular flexibility index (Phi) is 6.21. The number of hydrogen-bond donors (Lipinski definition) is 3. The van der Waals surface area contributed by atoms with Gasteiger partial charge >= 0.3 is 12.0 Å². The van der Waals surface area contributed by atoms with Gasteiger partial charge in [0.15, 0.2) is 0 Å². The van der Waals surface area contributed by atoms with Crippen LogP contribution in [0, 0.1) is 0 Å². The molecular weight excluding hydrogens is 264 g/mol. The minimum absolute atomic E-state index is 0.0162. The molecule has 0 saturated heterocycles. The summed E-state index contributed by atoms with van der Waals surface area (Å²) >= 11 is 1.68. The van der Waals surface area contributed by atoms with E-state index in [1.807, 2.05) is 13.2 Å². The van der Waals surface area contributed by atoms with Crippen LogP contribution in [0.1, 0.15) is 12.5 Å². The standard InChI is InChI=1S/C13H18N2O3S/c1-9(19-2)8-14-13(18)15-11-5-3-10(4-6-11)7-12(16)17/h3-6,9H,7-8H2,1-2H3,(H,16,17)(H2,14,15,18). The summed E-state index contributed by atoms with van der Waals surface area (Å²) in [7, 11) is 0. The van der Waals surface area contributed by atoms with E-state index < -0.39 is 5.97 Å². The molecule has 2 amide bonds. The summed E-state index contributed by atoms with van der Waals surface area (Å²) in [6.07, 6.45) is 1.98. The maximum atomic E-state index is 11.6. The van der Waals surface area contributed by atoms with E-state index in [-0.39, 0.29) is 12.5 Å². The summed E-state index contributed by atoms with van der Waals surface area (Å²) in [6, 6.07) is 6.50. The average molecular weight is 282 g/mol. The van der Waals surface area contributed by atoms with Gasteiger partial charge in [-0.1, -0.05) is 19.1 Å². The lowest BCUT2D eigenvalue weighted by molar-refractivity contribution is -0.136. The third kappa shape index (κ3) is 6.15. The highest BCUT2D eigenvalue weighted by atomic mass is 32.2. The van der Waals surface area contributed by atoms with Crippen molar-refractivity contribution in [1.82, 2.24) is 5.32 Å². The summed E-state index contributed by atoms with van der Waals surface area (Å²) in [6.45, 7) is 2.63. The molecule has 1 aromatic carbocycles. The Labute approximate surface area is 116 Å². The molecule has 104 valence electrons. The molecule has 0 spiro atoms. The smallest absolute Gasteiger partial charge is 0.319 e. The fourth-order valence-electron chi connectivity index (χ4n) is 1.38. The molecule has 6 heteroatoms. The molecule has 0 aliphatic rings. The molecule has 0 fully saturated rings. The lowest BCUT2D eigenvalue weighted by Crippen LogP contribution is -2.33. The van der Waals surface area contributed by atoms with E-state index in [0.29, 0.717) is 23.0 Å². The predicted octanol–water partition coefficient (Wildman–Crippen LogP) is 2.19. The predicted molar refractivity (Wildman–Crippen MR) is 77.8 cm³/mol. The molecule has 5 nitrogen and oxygen atoms in total. The summed E-state index contributed by atoms with van der Waals surface area (Å²) in [5.41, 5.74) is 1.35. The van der Waals surface area contributed by atoms with E-state index in [9.17, 15) is 9.59 Å². The van der Waals surface area contributed by atoms with Crippen LogP contribution in [-0.2, 0) is 11.2 Å². The highest BCUT2D eigenvalue weighted by Gasteiger charge is 2.05. The Morgan fingerprint density at radius 2 is 1.95 bits per heavy atom. The van der Waals surface area contributed by atoms with Gasteiger partial charge in [0.25, 0.3) is 0 Å². The number of benzene rings is 1. The van der Waals surface area contributed by atoms with Gasteiger partial charge in [-0.15, -0.1) is 0 Å². The number of carboxylic acid groups (broad SMARTS) is 1. The van der Waals surface area contributed by atoms with Crippen molar-refractivity contribution in [3.05, 3.63) is 29.8 Å². The second kappa shape index (κ2) is 7.68. The van der Waals surface area contributed by atoms with Gasteiger partial charge in [0.05, 0.1) is 6.42 Å². The monoisotopic (exact) mass is 282 g/mol. The molecule has 0 heterocycles. The molecule has 1 unspecified atom stereocenters. The normalized spacial score (nSPS) is 11.7. The Hall–Kier alpha value is -1.69. The van der Waals surface area contributed by atoms with Crippen LogP contribution in [-0.4, -0.2) is 35.2 Å². The first-order valence-electron chi connectivity index (χ1n) is 5.89. The molecule has 3 N–H and O–H groups in total. The van der Waals surface area contributed by atoms with Crippen LogP contribution in [0.4, 0.5) is 10.5 Å². The topological polar surface area (TPSA) is 78.4 Å². The van der Waals surface area contributed by atoms with Crippen molar-refractivity contribution in [1.29, 1.82) is 0 Å². The number of carboxylic acids is 1. The molecule has 0 saturated carbocycles. The molecule has 1 aromatic rings. The molecule has 0 aliphatic carbocycles. The van der Waals surface area contributed by atoms with Crippen molar-refractivity contribution in [2.45, 2.75) is 18.6 Å². The Morgan fingerprint density at radius 3 is 2.47 bits per heavy atom. The third-order valence-electron chi connectivity index (χ3n) is 2.52. The molecule has 19 heavy (non-hydrogen) atoms. The number of rotatable bonds is 6. The molecular formula is C13H18N2O3S. The van der Waals surface area contributed by atoms with Crippen LogP contribution in [0.15, 0.2) is 24.3 Å². The van der Waals surface area contributed by atoms with Crippen LogP contribution >= 0.6 is 11.8 Å². The molecule has 0 aliphatic heterocycles. The lowest BCUT2D eigenvalue weighted by Gasteiger charge is -2.11. The first-order chi connectivity index (χ1) is 9.01. The van der Waals surface area contributed by atoms with Gasteiger partial charge in [0, 0.05) is 17.5 Å². The van der Waals surface area contributed by atoms with Crippen molar-refractivity contribution in [2.24, 2.45) is 0 Å². The second-order valence-corrected chi connectivity index (χ2v) is 5.42. The summed E-state index contributed by atoms with van der Waals surface area (Å²) in [4.78, 5) is 22.1. The third-order valence-corrected chi connectivity index (χ3v) is 3.49. The maximum absolute atomic E-state index is 11.6. The van der Waals surface area contributed by atoms with Crippen molar-refractivity contribution < 1.29 is 14.7 Å². The molecule has 0 aromatic heterocycles. The van der Waals surface area contributed by atoms with Crippen molar-refractivity contribution >= 4 is 29.4 Å². The second-order valence-electron chi connectivity index (χ2n) is 4.15. The van der Waals surface area contributed by atoms with E-state index in [1.165, 1.54) is 0 Å². The van der Waals surface area contributed by atoms with Gasteiger partial charge in [0.1, 0.15) is 0 Å². The number of urea groups is 1. The van der Waals surface area contributed by atoms with E-state index in [1.54, 1.807) is 36.0 Å². The van der Waals surface area contributed by atoms with Crippen LogP contribution in [0.3, 0.4) is 0 Å². The van der Waals surface area contributed by atoms with Crippen LogP contribution in [0.5, 0.6) is 0 Å². The quantitative estimate of drug-likeness (QED) is 0.747. The van der Waals surface area contributed by atoms with Crippen LogP contribution in [0.2, 0.25) is 0 Å². The molecule has 1 atom stereocenters. The zero-order valence-corrected chi connectivity index (χ0v) is 11.8. The Balaban J connectivity index is 2.44. The zero-order chi connectivity index (χ0) is 14.3. The number of amides is 2. The van der Waals surface area contributed by atoms with Gasteiger partial charge in [-0.3, -0.25) is 4.79 Å². The molecule has 0 radical (unpaired) electrons. The largest absolute Gasteiger partial charge is 0.481 e. The van der Waals surface area contributed by atoms with Crippen molar-refractivity contribution in [3.8, 4) is 0 Å². The number of carbonyl (C=O) groups excluding carboxylic acids is 1. The fraction of sp³-hybridized carbons (Fsp3) is 0.385.